The minimum atomic E-state index is -2.92. The first-order chi connectivity index (χ1) is 11.5. The van der Waals surface area contributed by atoms with Crippen LogP contribution in [0, 0.1) is 5.92 Å². The Morgan fingerprint density at radius 3 is 2.96 bits per heavy atom. The van der Waals surface area contributed by atoms with Crippen LogP contribution in [-0.2, 0) is 0 Å². The van der Waals surface area contributed by atoms with Gasteiger partial charge in [-0.3, -0.25) is 4.79 Å². The molecule has 0 bridgehead atoms. The summed E-state index contributed by atoms with van der Waals surface area (Å²) in [7, 11) is 0. The Labute approximate surface area is 138 Å². The number of amides is 1. The number of aromatic nitrogens is 1. The topological polar surface area (TPSA) is 65.6 Å². The number of aromatic amines is 1. The summed E-state index contributed by atoms with van der Waals surface area (Å²) in [6, 6.07) is 6.29. The van der Waals surface area contributed by atoms with Crippen LogP contribution in [0.1, 0.15) is 30.3 Å². The lowest BCUT2D eigenvalue weighted by atomic mass is 9.93. The van der Waals surface area contributed by atoms with E-state index in [1.807, 2.05) is 0 Å². The molecule has 3 rings (SSSR count). The van der Waals surface area contributed by atoms with Gasteiger partial charge in [0.25, 0.3) is 5.91 Å². The molecule has 2 heterocycles. The van der Waals surface area contributed by atoms with Gasteiger partial charge in [0.2, 0.25) is 0 Å². The quantitative estimate of drug-likeness (QED) is 0.901. The summed E-state index contributed by atoms with van der Waals surface area (Å²) < 4.78 is 29.5. The number of carbonyl (C=O) groups excluding carboxylic acids is 1. The third kappa shape index (κ3) is 3.36. The molecule has 1 amide bonds. The number of aliphatic hydroxyl groups excluding tert-OH is 1. The molecule has 1 aliphatic heterocycles. The van der Waals surface area contributed by atoms with Gasteiger partial charge in [-0.05, 0) is 38.0 Å². The highest BCUT2D eigenvalue weighted by molar-refractivity contribution is 5.99. The van der Waals surface area contributed by atoms with Crippen molar-refractivity contribution in [1.82, 2.24) is 9.88 Å². The van der Waals surface area contributed by atoms with E-state index in [1.54, 1.807) is 30.0 Å². The average Bonchev–Trinajstić information content (AvgIpc) is 2.99. The number of aliphatic hydroxyl groups is 1. The lowest BCUT2D eigenvalue weighted by Gasteiger charge is -2.33. The second kappa shape index (κ2) is 6.76. The standard InChI is InChI=1S/C17H20F2N2O3/c1-10(22)11-4-3-7-21(9-11)16(23)14-8-12-13(20-14)5-2-6-15(12)24-17(18)19/h2,5-6,8,10-11,17,20,22H,3-4,7,9H2,1H3. The maximum absolute atomic E-state index is 12.7. The predicted octanol–water partition coefficient (Wildman–Crippen LogP) is 3.00. The summed E-state index contributed by atoms with van der Waals surface area (Å²) in [5.74, 6) is -0.0948. The van der Waals surface area contributed by atoms with Crippen molar-refractivity contribution in [3.8, 4) is 5.75 Å². The van der Waals surface area contributed by atoms with Gasteiger partial charge in [0.1, 0.15) is 11.4 Å². The maximum atomic E-state index is 12.7. The first kappa shape index (κ1) is 16.7. The predicted molar refractivity (Wildman–Crippen MR) is 85.2 cm³/mol. The van der Waals surface area contributed by atoms with Crippen LogP contribution in [0.5, 0.6) is 5.75 Å². The molecule has 2 unspecified atom stereocenters. The average molecular weight is 338 g/mol. The van der Waals surface area contributed by atoms with E-state index in [1.165, 1.54) is 6.07 Å². The lowest BCUT2D eigenvalue weighted by Crippen LogP contribution is -2.43. The zero-order valence-electron chi connectivity index (χ0n) is 13.3. The van der Waals surface area contributed by atoms with Gasteiger partial charge in [0.05, 0.1) is 6.10 Å². The van der Waals surface area contributed by atoms with Crippen LogP contribution < -0.4 is 4.74 Å². The molecule has 1 aliphatic rings. The van der Waals surface area contributed by atoms with Gasteiger partial charge >= 0.3 is 6.61 Å². The highest BCUT2D eigenvalue weighted by Gasteiger charge is 2.28. The van der Waals surface area contributed by atoms with Crippen LogP contribution in [0.3, 0.4) is 0 Å². The summed E-state index contributed by atoms with van der Waals surface area (Å²) in [6.45, 7) is -0.0712. The third-order valence-electron chi connectivity index (χ3n) is 4.50. The van der Waals surface area contributed by atoms with Gasteiger partial charge in [-0.25, -0.2) is 0 Å². The van der Waals surface area contributed by atoms with Gasteiger partial charge in [0.15, 0.2) is 0 Å². The van der Waals surface area contributed by atoms with Gasteiger partial charge < -0.3 is 19.7 Å². The van der Waals surface area contributed by atoms with E-state index in [4.69, 9.17) is 0 Å². The van der Waals surface area contributed by atoms with Crippen LogP contribution >= 0.6 is 0 Å². The largest absolute Gasteiger partial charge is 0.434 e. The SMILES string of the molecule is CC(O)C1CCCN(C(=O)c2cc3c(OC(F)F)cccc3[nH]2)C1. The summed E-state index contributed by atoms with van der Waals surface area (Å²) >= 11 is 0. The number of H-pyrrole nitrogens is 1. The van der Waals surface area contributed by atoms with Crippen molar-refractivity contribution in [1.29, 1.82) is 0 Å². The molecule has 0 saturated carbocycles. The Kier molecular flexibility index (Phi) is 4.71. The molecule has 7 heteroatoms. The molecule has 1 saturated heterocycles. The first-order valence-electron chi connectivity index (χ1n) is 7.99. The Hall–Kier alpha value is -2.15. The minimum absolute atomic E-state index is 0.0401. The van der Waals surface area contributed by atoms with Crippen molar-refractivity contribution in [2.45, 2.75) is 32.5 Å². The van der Waals surface area contributed by atoms with Crippen molar-refractivity contribution in [3.05, 3.63) is 30.0 Å². The first-order valence-corrected chi connectivity index (χ1v) is 7.99. The monoisotopic (exact) mass is 338 g/mol. The van der Waals surface area contributed by atoms with E-state index in [9.17, 15) is 18.7 Å². The number of halogens is 2. The number of carbonyl (C=O) groups is 1. The molecule has 130 valence electrons. The fourth-order valence-electron chi connectivity index (χ4n) is 3.20. The molecule has 0 radical (unpaired) electrons. The molecule has 1 fully saturated rings. The zero-order chi connectivity index (χ0) is 17.3. The molecule has 0 aliphatic carbocycles. The second-order valence-electron chi connectivity index (χ2n) is 6.17. The molecule has 1 aromatic carbocycles. The number of piperidine rings is 1. The van der Waals surface area contributed by atoms with Crippen molar-refractivity contribution in [2.75, 3.05) is 13.1 Å². The zero-order valence-corrected chi connectivity index (χ0v) is 13.3. The Balaban J connectivity index is 1.85. The number of nitrogens with zero attached hydrogens (tertiary/aromatic N) is 1. The van der Waals surface area contributed by atoms with Crippen LogP contribution in [0.25, 0.3) is 10.9 Å². The van der Waals surface area contributed by atoms with E-state index in [-0.39, 0.29) is 17.6 Å². The van der Waals surface area contributed by atoms with Crippen LogP contribution in [0.15, 0.2) is 24.3 Å². The van der Waals surface area contributed by atoms with Gasteiger partial charge in [0, 0.05) is 29.9 Å². The Morgan fingerprint density at radius 1 is 1.46 bits per heavy atom. The highest BCUT2D eigenvalue weighted by atomic mass is 19.3. The summed E-state index contributed by atoms with van der Waals surface area (Å²) in [5.41, 5.74) is 0.905. The van der Waals surface area contributed by atoms with Crippen molar-refractivity contribution in [3.63, 3.8) is 0 Å². The summed E-state index contributed by atoms with van der Waals surface area (Å²) in [5, 5.41) is 10.2. The molecule has 2 atom stereocenters. The smallest absolute Gasteiger partial charge is 0.387 e. The van der Waals surface area contributed by atoms with Crippen LogP contribution in [0.4, 0.5) is 8.78 Å². The van der Waals surface area contributed by atoms with Gasteiger partial charge in [-0.1, -0.05) is 6.07 Å². The molecule has 1 aromatic heterocycles. The summed E-state index contributed by atoms with van der Waals surface area (Å²) in [6.07, 6.45) is 1.26. The number of rotatable bonds is 4. The Morgan fingerprint density at radius 2 is 2.25 bits per heavy atom. The number of hydrogen-bond acceptors (Lipinski definition) is 3. The maximum Gasteiger partial charge on any atom is 0.387 e. The van der Waals surface area contributed by atoms with E-state index >= 15 is 0 Å². The second-order valence-corrected chi connectivity index (χ2v) is 6.17. The number of hydrogen-bond donors (Lipinski definition) is 2. The molecule has 2 aromatic rings. The van der Waals surface area contributed by atoms with E-state index in [0.29, 0.717) is 29.7 Å². The lowest BCUT2D eigenvalue weighted by molar-refractivity contribution is -0.0487. The third-order valence-corrected chi connectivity index (χ3v) is 4.50. The highest BCUT2D eigenvalue weighted by Crippen LogP contribution is 2.29. The fraction of sp³-hybridized carbons (Fsp3) is 0.471. The molecule has 5 nitrogen and oxygen atoms in total. The van der Waals surface area contributed by atoms with Crippen LogP contribution in [-0.4, -0.2) is 46.7 Å². The number of likely N-dealkylation sites (tertiary alicyclic amines) is 1. The van der Waals surface area contributed by atoms with E-state index in [0.717, 1.165) is 12.8 Å². The van der Waals surface area contributed by atoms with Crippen molar-refractivity contribution in [2.24, 2.45) is 5.92 Å². The van der Waals surface area contributed by atoms with Gasteiger partial charge in [-0.15, -0.1) is 0 Å². The number of benzene rings is 1. The fourth-order valence-corrected chi connectivity index (χ4v) is 3.20. The van der Waals surface area contributed by atoms with Crippen molar-refractivity contribution >= 4 is 16.8 Å². The van der Waals surface area contributed by atoms with E-state index in [2.05, 4.69) is 9.72 Å². The van der Waals surface area contributed by atoms with Crippen LogP contribution in [0.2, 0.25) is 0 Å². The van der Waals surface area contributed by atoms with Gasteiger partial charge in [-0.2, -0.15) is 8.78 Å². The minimum Gasteiger partial charge on any atom is -0.434 e. The number of alkyl halides is 2. The van der Waals surface area contributed by atoms with Crippen molar-refractivity contribution < 1.29 is 23.4 Å². The normalized spacial score (nSPS) is 19.7. The molecule has 0 spiro atoms. The van der Waals surface area contributed by atoms with E-state index < -0.39 is 12.7 Å². The molecule has 24 heavy (non-hydrogen) atoms. The number of nitrogens with one attached hydrogen (secondary N) is 1. The Bertz CT molecular complexity index is 730. The molecular weight excluding hydrogens is 318 g/mol. The molecule has 2 N–H and O–H groups in total. The number of ether oxygens (including phenoxy) is 1. The molecular formula is C17H20F2N2O3. The number of fused-ring (bicyclic) bond motifs is 1. The summed E-state index contributed by atoms with van der Waals surface area (Å²) in [4.78, 5) is 17.4.